The zero-order valence-corrected chi connectivity index (χ0v) is 22.3. The Bertz CT molecular complexity index is 1360. The Labute approximate surface area is 237 Å². The third-order valence-electron chi connectivity index (χ3n) is 6.58. The first-order valence-electron chi connectivity index (χ1n) is 13.0. The fourth-order valence-electron chi connectivity index (χ4n) is 4.65. The van der Waals surface area contributed by atoms with Gasteiger partial charge < -0.3 is 15.7 Å². The Balaban J connectivity index is 2.15. The number of carbonyl (C=O) groups is 2. The third kappa shape index (κ3) is 9.49. The Hall–Kier alpha value is -4.09. The van der Waals surface area contributed by atoms with Gasteiger partial charge in [0.15, 0.2) is 0 Å². The zero-order chi connectivity index (χ0) is 31.0. The lowest BCUT2D eigenvalue weighted by Crippen LogP contribution is -2.53. The van der Waals surface area contributed by atoms with Gasteiger partial charge in [0.2, 0.25) is 0 Å². The number of alkyl halides is 6. The van der Waals surface area contributed by atoms with Crippen molar-refractivity contribution < 1.29 is 45.4 Å². The van der Waals surface area contributed by atoms with Crippen LogP contribution in [0.3, 0.4) is 0 Å². The van der Waals surface area contributed by atoms with Gasteiger partial charge in [-0.1, -0.05) is 61.0 Å². The molecule has 0 aliphatic heterocycles. The number of aryl methyl sites for hydroxylation is 1. The summed E-state index contributed by atoms with van der Waals surface area (Å²) in [7, 11) is 0. The van der Waals surface area contributed by atoms with Crippen LogP contribution in [0.25, 0.3) is 0 Å². The van der Waals surface area contributed by atoms with Gasteiger partial charge in [-0.2, -0.15) is 26.3 Å². The van der Waals surface area contributed by atoms with Crippen molar-refractivity contribution in [2.45, 2.75) is 56.4 Å². The minimum Gasteiger partial charge on any atom is -0.481 e. The molecule has 2 amide bonds. The van der Waals surface area contributed by atoms with Gasteiger partial charge in [0.05, 0.1) is 11.1 Å². The van der Waals surface area contributed by atoms with Crippen molar-refractivity contribution >= 4 is 12.0 Å². The number of halogens is 7. The number of unbranched alkanes of at least 4 members (excludes halogenated alkanes) is 2. The summed E-state index contributed by atoms with van der Waals surface area (Å²) in [6.07, 6.45) is -7.88. The summed E-state index contributed by atoms with van der Waals surface area (Å²) in [6, 6.07) is 15.1. The summed E-state index contributed by atoms with van der Waals surface area (Å²) in [5.41, 5.74) is -2.18. The Morgan fingerprint density at radius 3 is 2.05 bits per heavy atom. The molecule has 0 heterocycles. The second-order valence-electron chi connectivity index (χ2n) is 9.87. The molecule has 226 valence electrons. The van der Waals surface area contributed by atoms with Gasteiger partial charge in [0.1, 0.15) is 12.4 Å². The summed E-state index contributed by atoms with van der Waals surface area (Å²) >= 11 is 0. The highest BCUT2D eigenvalue weighted by molar-refractivity contribution is 5.76. The van der Waals surface area contributed by atoms with Gasteiger partial charge in [0.25, 0.3) is 0 Å². The van der Waals surface area contributed by atoms with Crippen molar-refractivity contribution in [1.82, 2.24) is 10.6 Å². The monoisotopic (exact) mass is 598 g/mol. The van der Waals surface area contributed by atoms with E-state index in [2.05, 4.69) is 5.32 Å². The van der Waals surface area contributed by atoms with Gasteiger partial charge in [-0.05, 0) is 59.7 Å². The standard InChI is InChI=1S/C30H29F7N2O3/c31-25-16-23(15-24(17-25)30(35,36)37)28(18-21-9-4-1-5-10-21,39-27(42)38-19-29(32,33)34)22-12-7-11-20(14-22)8-3-2-6-13-26(40)41/h1,4-5,7,9-12,14-17H,2-3,6,8,13,18-19H2,(H,40,41)(H2,38,39,42). The van der Waals surface area contributed by atoms with Crippen LogP contribution >= 0.6 is 0 Å². The van der Waals surface area contributed by atoms with E-state index in [0.29, 0.717) is 48.9 Å². The van der Waals surface area contributed by atoms with Crippen LogP contribution in [0.4, 0.5) is 35.5 Å². The molecule has 0 saturated carbocycles. The predicted molar refractivity (Wildman–Crippen MR) is 141 cm³/mol. The Morgan fingerprint density at radius 1 is 0.738 bits per heavy atom. The molecule has 0 saturated heterocycles. The number of urea groups is 1. The second-order valence-corrected chi connectivity index (χ2v) is 9.87. The van der Waals surface area contributed by atoms with E-state index in [0.717, 1.165) is 6.07 Å². The number of hydrogen-bond donors (Lipinski definition) is 3. The largest absolute Gasteiger partial charge is 0.481 e. The van der Waals surface area contributed by atoms with Crippen molar-refractivity contribution in [2.24, 2.45) is 0 Å². The first-order valence-corrected chi connectivity index (χ1v) is 13.0. The van der Waals surface area contributed by atoms with Crippen molar-refractivity contribution in [3.63, 3.8) is 0 Å². The number of hydrogen-bond acceptors (Lipinski definition) is 2. The highest BCUT2D eigenvalue weighted by atomic mass is 19.4. The maximum Gasteiger partial charge on any atom is 0.416 e. The van der Waals surface area contributed by atoms with E-state index < -0.39 is 47.8 Å². The van der Waals surface area contributed by atoms with Gasteiger partial charge in [-0.3, -0.25) is 4.79 Å². The highest BCUT2D eigenvalue weighted by Gasteiger charge is 2.40. The van der Waals surface area contributed by atoms with Crippen LogP contribution in [0.2, 0.25) is 0 Å². The SMILES string of the molecule is O=C(O)CCCCCc1cccc(C(Cc2ccccc2)(NC(=O)NCC(F)(F)F)c2cc(F)cc(C(F)(F)F)c2)c1. The number of carboxylic acid groups (broad SMARTS) is 1. The fraction of sp³-hybridized carbons (Fsp3) is 0.333. The molecule has 3 N–H and O–H groups in total. The summed E-state index contributed by atoms with van der Waals surface area (Å²) in [6.45, 7) is -1.70. The summed E-state index contributed by atoms with van der Waals surface area (Å²) in [5.74, 6) is -2.17. The summed E-state index contributed by atoms with van der Waals surface area (Å²) < 4.78 is 94.7. The summed E-state index contributed by atoms with van der Waals surface area (Å²) in [4.78, 5) is 23.7. The van der Waals surface area contributed by atoms with Crippen LogP contribution in [-0.4, -0.2) is 29.8 Å². The maximum absolute atomic E-state index is 14.7. The molecule has 0 spiro atoms. The average Bonchev–Trinajstić information content (AvgIpc) is 2.91. The first kappa shape index (κ1) is 32.4. The molecule has 0 fully saturated rings. The van der Waals surface area contributed by atoms with Gasteiger partial charge in [-0.15, -0.1) is 0 Å². The number of carbonyl (C=O) groups excluding carboxylic acids is 1. The predicted octanol–water partition coefficient (Wildman–Crippen LogP) is 7.38. The minimum absolute atomic E-state index is 0.00169. The van der Waals surface area contributed by atoms with Gasteiger partial charge in [0, 0.05) is 12.8 Å². The topological polar surface area (TPSA) is 78.4 Å². The van der Waals surface area contributed by atoms with Gasteiger partial charge in [-0.25, -0.2) is 9.18 Å². The molecule has 1 unspecified atom stereocenters. The van der Waals surface area contributed by atoms with Crippen molar-refractivity contribution in [2.75, 3.05) is 6.54 Å². The van der Waals surface area contributed by atoms with Crippen LogP contribution in [-0.2, 0) is 29.4 Å². The van der Waals surface area contributed by atoms with E-state index in [1.807, 2.05) is 0 Å². The first-order chi connectivity index (χ1) is 19.7. The quantitative estimate of drug-likeness (QED) is 0.150. The van der Waals surface area contributed by atoms with E-state index in [1.165, 1.54) is 6.07 Å². The molecule has 12 heteroatoms. The molecule has 5 nitrogen and oxygen atoms in total. The second kappa shape index (κ2) is 13.7. The van der Waals surface area contributed by atoms with E-state index >= 15 is 0 Å². The number of rotatable bonds is 12. The molecule has 0 aliphatic rings. The lowest BCUT2D eigenvalue weighted by molar-refractivity contribution is -0.138. The van der Waals surface area contributed by atoms with Crippen molar-refractivity contribution in [3.05, 3.63) is 106 Å². The molecule has 0 aromatic heterocycles. The third-order valence-corrected chi connectivity index (χ3v) is 6.58. The van der Waals surface area contributed by atoms with Gasteiger partial charge >= 0.3 is 24.4 Å². The molecule has 0 aliphatic carbocycles. The lowest BCUT2D eigenvalue weighted by Gasteiger charge is -2.37. The smallest absolute Gasteiger partial charge is 0.416 e. The van der Waals surface area contributed by atoms with Crippen molar-refractivity contribution in [1.29, 1.82) is 0 Å². The zero-order valence-electron chi connectivity index (χ0n) is 22.3. The molecule has 3 aromatic carbocycles. The van der Waals surface area contributed by atoms with E-state index in [-0.39, 0.29) is 24.0 Å². The number of nitrogens with one attached hydrogen (secondary N) is 2. The molecular weight excluding hydrogens is 569 g/mol. The molecule has 3 aromatic rings. The average molecular weight is 599 g/mol. The number of carboxylic acids is 1. The lowest BCUT2D eigenvalue weighted by atomic mass is 9.76. The molecule has 0 radical (unpaired) electrons. The van der Waals surface area contributed by atoms with E-state index in [9.17, 15) is 40.3 Å². The minimum atomic E-state index is -4.95. The normalized spacial score (nSPS) is 13.3. The van der Waals surface area contributed by atoms with E-state index in [4.69, 9.17) is 5.11 Å². The fourth-order valence-corrected chi connectivity index (χ4v) is 4.65. The Morgan fingerprint density at radius 2 is 1.40 bits per heavy atom. The highest BCUT2D eigenvalue weighted by Crippen LogP contribution is 2.38. The Kier molecular flexibility index (Phi) is 10.6. The number of benzene rings is 3. The summed E-state index contributed by atoms with van der Waals surface area (Å²) in [5, 5.41) is 13.0. The molecule has 3 rings (SSSR count). The van der Waals surface area contributed by atoms with E-state index in [1.54, 1.807) is 53.8 Å². The number of aliphatic carboxylic acids is 1. The molecule has 0 bridgehead atoms. The van der Waals surface area contributed by atoms with Crippen molar-refractivity contribution in [3.8, 4) is 0 Å². The maximum atomic E-state index is 14.7. The van der Waals surface area contributed by atoms with Crippen LogP contribution in [0, 0.1) is 5.82 Å². The van der Waals surface area contributed by atoms with Crippen LogP contribution in [0.1, 0.15) is 53.5 Å². The van der Waals surface area contributed by atoms with Crippen LogP contribution < -0.4 is 10.6 Å². The number of amides is 2. The molecular formula is C30H29F7N2O3. The van der Waals surface area contributed by atoms with Crippen LogP contribution in [0.5, 0.6) is 0 Å². The molecule has 42 heavy (non-hydrogen) atoms. The van der Waals surface area contributed by atoms with Crippen LogP contribution in [0.15, 0.2) is 72.8 Å². The molecule has 1 atom stereocenters.